The van der Waals surface area contributed by atoms with E-state index in [-0.39, 0.29) is 16.7 Å². The van der Waals surface area contributed by atoms with Crippen LogP contribution in [0.2, 0.25) is 0 Å². The molecule has 0 spiro atoms. The normalized spacial score (nSPS) is 12.6. The van der Waals surface area contributed by atoms with Crippen molar-refractivity contribution in [2.24, 2.45) is 5.92 Å². The van der Waals surface area contributed by atoms with Crippen molar-refractivity contribution >= 4 is 15.9 Å². The zero-order valence-electron chi connectivity index (χ0n) is 17.2. The topological polar surface area (TPSA) is 84.5 Å². The Morgan fingerprint density at radius 2 is 1.69 bits per heavy atom. The smallest absolute Gasteiger partial charge is 0.241 e. The number of hydrogen-bond donors (Lipinski definition) is 2. The van der Waals surface area contributed by atoms with Gasteiger partial charge in [0.05, 0.1) is 11.5 Å². The molecule has 0 radical (unpaired) electrons. The molecule has 158 valence electrons. The Labute approximate surface area is 173 Å². The molecule has 6 nitrogen and oxygen atoms in total. The summed E-state index contributed by atoms with van der Waals surface area (Å²) in [5, 5.41) is 2.81. The Bertz CT molecular complexity index is 865. The lowest BCUT2D eigenvalue weighted by atomic mass is 10.0. The second kappa shape index (κ2) is 11.0. The maximum Gasteiger partial charge on any atom is 0.241 e. The molecule has 2 aromatic rings. The summed E-state index contributed by atoms with van der Waals surface area (Å²) in [6.07, 6.45) is 1.04. The lowest BCUT2D eigenvalue weighted by molar-refractivity contribution is -0.123. The Morgan fingerprint density at radius 1 is 1.03 bits per heavy atom. The maximum atomic E-state index is 12.7. The van der Waals surface area contributed by atoms with E-state index >= 15 is 0 Å². The minimum Gasteiger partial charge on any atom is -0.494 e. The average molecular weight is 419 g/mol. The van der Waals surface area contributed by atoms with Crippen LogP contribution in [0.1, 0.15) is 32.3 Å². The van der Waals surface area contributed by atoms with Crippen LogP contribution in [0.25, 0.3) is 0 Å². The number of aryl methyl sites for hydroxylation is 1. The van der Waals surface area contributed by atoms with E-state index in [2.05, 4.69) is 10.0 Å². The predicted molar refractivity (Wildman–Crippen MR) is 114 cm³/mol. The van der Waals surface area contributed by atoms with Crippen LogP contribution in [-0.2, 0) is 14.8 Å². The van der Waals surface area contributed by atoms with Crippen molar-refractivity contribution in [2.45, 2.75) is 44.6 Å². The third-order valence-electron chi connectivity index (χ3n) is 4.28. The van der Waals surface area contributed by atoms with Crippen molar-refractivity contribution in [2.75, 3.05) is 13.2 Å². The molecule has 0 aliphatic heterocycles. The monoisotopic (exact) mass is 418 g/mol. The van der Waals surface area contributed by atoms with Crippen LogP contribution >= 0.6 is 0 Å². The molecule has 0 fully saturated rings. The van der Waals surface area contributed by atoms with Gasteiger partial charge in [0.2, 0.25) is 15.9 Å². The van der Waals surface area contributed by atoms with Crippen LogP contribution in [-0.4, -0.2) is 33.5 Å². The van der Waals surface area contributed by atoms with E-state index in [1.54, 1.807) is 24.3 Å². The molecule has 0 bridgehead atoms. The van der Waals surface area contributed by atoms with E-state index in [4.69, 9.17) is 4.74 Å². The van der Waals surface area contributed by atoms with Gasteiger partial charge in [0.25, 0.3) is 0 Å². The van der Waals surface area contributed by atoms with Gasteiger partial charge in [0.15, 0.2) is 0 Å². The molecule has 29 heavy (non-hydrogen) atoms. The zero-order valence-corrected chi connectivity index (χ0v) is 18.0. The highest BCUT2D eigenvalue weighted by atomic mass is 32.2. The van der Waals surface area contributed by atoms with Gasteiger partial charge >= 0.3 is 0 Å². The number of para-hydroxylation sites is 1. The van der Waals surface area contributed by atoms with Crippen molar-refractivity contribution in [1.82, 2.24) is 10.0 Å². The van der Waals surface area contributed by atoms with E-state index in [1.165, 1.54) is 0 Å². The van der Waals surface area contributed by atoms with Gasteiger partial charge < -0.3 is 10.1 Å². The summed E-state index contributed by atoms with van der Waals surface area (Å²) >= 11 is 0. The summed E-state index contributed by atoms with van der Waals surface area (Å²) in [7, 11) is -3.77. The second-order valence-electron chi connectivity index (χ2n) is 7.42. The number of sulfonamides is 1. The number of ether oxygens (including phenoxy) is 1. The minimum atomic E-state index is -3.77. The van der Waals surface area contributed by atoms with Crippen LogP contribution in [0.3, 0.4) is 0 Å². The van der Waals surface area contributed by atoms with Crippen molar-refractivity contribution < 1.29 is 17.9 Å². The highest BCUT2D eigenvalue weighted by Gasteiger charge is 2.26. The van der Waals surface area contributed by atoms with Crippen LogP contribution in [0.15, 0.2) is 59.5 Å². The van der Waals surface area contributed by atoms with Gasteiger partial charge in [-0.1, -0.05) is 49.7 Å². The number of rotatable bonds is 11. The van der Waals surface area contributed by atoms with E-state index in [9.17, 15) is 13.2 Å². The van der Waals surface area contributed by atoms with Crippen LogP contribution < -0.4 is 14.8 Å². The second-order valence-corrected chi connectivity index (χ2v) is 9.14. The summed E-state index contributed by atoms with van der Waals surface area (Å²) in [4.78, 5) is 12.7. The van der Waals surface area contributed by atoms with E-state index in [0.717, 1.165) is 11.3 Å². The summed E-state index contributed by atoms with van der Waals surface area (Å²) in [5.41, 5.74) is 0.971. The van der Waals surface area contributed by atoms with Crippen molar-refractivity contribution in [3.05, 3.63) is 60.2 Å². The summed E-state index contributed by atoms with van der Waals surface area (Å²) in [6, 6.07) is 15.2. The number of hydrogen-bond acceptors (Lipinski definition) is 4. The molecular weight excluding hydrogens is 388 g/mol. The lowest BCUT2D eigenvalue weighted by Crippen LogP contribution is -2.47. The molecule has 2 rings (SSSR count). The maximum absolute atomic E-state index is 12.7. The molecule has 0 saturated carbocycles. The summed E-state index contributed by atoms with van der Waals surface area (Å²) in [6.45, 7) is 6.67. The van der Waals surface area contributed by atoms with Gasteiger partial charge in [-0.2, -0.15) is 4.72 Å². The van der Waals surface area contributed by atoms with Gasteiger partial charge in [-0.15, -0.1) is 0 Å². The molecule has 2 aromatic carbocycles. The highest BCUT2D eigenvalue weighted by Crippen LogP contribution is 2.13. The number of carbonyl (C=O) groups is 1. The molecule has 1 amide bonds. The standard InChI is InChI=1S/C22H30N2O4S/c1-17(2)16-21(24-29(26,27)20-12-10-18(3)11-13-20)22(25)23-14-7-15-28-19-8-5-4-6-9-19/h4-6,8-13,17,21,24H,7,14-16H2,1-3H3,(H,23,25). The van der Waals surface area contributed by atoms with E-state index < -0.39 is 16.1 Å². The summed E-state index contributed by atoms with van der Waals surface area (Å²) in [5.74, 6) is 0.615. The Kier molecular flexibility index (Phi) is 8.67. The lowest BCUT2D eigenvalue weighted by Gasteiger charge is -2.20. The molecule has 1 unspecified atom stereocenters. The average Bonchev–Trinajstić information content (AvgIpc) is 2.67. The van der Waals surface area contributed by atoms with Gasteiger partial charge in [0.1, 0.15) is 11.8 Å². The number of amides is 1. The predicted octanol–water partition coefficient (Wildman–Crippen LogP) is 3.27. The molecular formula is C22H30N2O4S. The first-order chi connectivity index (χ1) is 13.8. The number of benzene rings is 2. The quantitative estimate of drug-likeness (QED) is 0.549. The fourth-order valence-electron chi connectivity index (χ4n) is 2.77. The molecule has 0 saturated heterocycles. The fourth-order valence-corrected chi connectivity index (χ4v) is 3.97. The van der Waals surface area contributed by atoms with Gasteiger partial charge in [-0.3, -0.25) is 4.79 Å². The largest absolute Gasteiger partial charge is 0.494 e. The molecule has 0 aliphatic rings. The first-order valence-corrected chi connectivity index (χ1v) is 11.3. The molecule has 0 aromatic heterocycles. The van der Waals surface area contributed by atoms with Crippen molar-refractivity contribution in [1.29, 1.82) is 0 Å². The Hall–Kier alpha value is -2.38. The number of carbonyl (C=O) groups excluding carboxylic acids is 1. The molecule has 7 heteroatoms. The Balaban J connectivity index is 1.89. The molecule has 2 N–H and O–H groups in total. The fraction of sp³-hybridized carbons (Fsp3) is 0.409. The van der Waals surface area contributed by atoms with Gasteiger partial charge in [-0.25, -0.2) is 8.42 Å². The Morgan fingerprint density at radius 3 is 2.31 bits per heavy atom. The third-order valence-corrected chi connectivity index (χ3v) is 5.77. The third kappa shape index (κ3) is 7.87. The first kappa shape index (κ1) is 22.9. The van der Waals surface area contributed by atoms with E-state index in [0.29, 0.717) is 26.0 Å². The van der Waals surface area contributed by atoms with Crippen molar-refractivity contribution in [3.63, 3.8) is 0 Å². The van der Waals surface area contributed by atoms with Crippen molar-refractivity contribution in [3.8, 4) is 5.75 Å². The van der Waals surface area contributed by atoms with Crippen LogP contribution in [0.4, 0.5) is 0 Å². The number of nitrogens with one attached hydrogen (secondary N) is 2. The minimum absolute atomic E-state index is 0.154. The van der Waals surface area contributed by atoms with Crippen LogP contribution in [0, 0.1) is 12.8 Å². The first-order valence-electron chi connectivity index (χ1n) is 9.82. The van der Waals surface area contributed by atoms with E-state index in [1.807, 2.05) is 51.1 Å². The molecule has 1 atom stereocenters. The van der Waals surface area contributed by atoms with Gasteiger partial charge in [-0.05, 0) is 49.9 Å². The zero-order chi connectivity index (χ0) is 21.3. The summed E-state index contributed by atoms with van der Waals surface area (Å²) < 4.78 is 33.5. The highest BCUT2D eigenvalue weighted by molar-refractivity contribution is 7.89. The van der Waals surface area contributed by atoms with Gasteiger partial charge in [0, 0.05) is 6.54 Å². The van der Waals surface area contributed by atoms with Crippen LogP contribution in [0.5, 0.6) is 5.75 Å². The molecule has 0 heterocycles. The molecule has 0 aliphatic carbocycles. The SMILES string of the molecule is Cc1ccc(S(=O)(=O)NC(CC(C)C)C(=O)NCCCOc2ccccc2)cc1.